The topological polar surface area (TPSA) is 46.6 Å². The van der Waals surface area contributed by atoms with E-state index in [4.69, 9.17) is 4.74 Å². The average Bonchev–Trinajstić information content (AvgIpc) is 3.43. The summed E-state index contributed by atoms with van der Waals surface area (Å²) in [5.74, 6) is 0. The van der Waals surface area contributed by atoms with E-state index in [2.05, 4.69) is 0 Å². The minimum absolute atomic E-state index is 0.277. The molecule has 1 saturated heterocycles. The summed E-state index contributed by atoms with van der Waals surface area (Å²) in [4.78, 5) is 0. The zero-order valence-corrected chi connectivity index (χ0v) is 16.0. The van der Waals surface area contributed by atoms with Crippen LogP contribution in [0.15, 0.2) is 54.6 Å². The monoisotopic (exact) mass is 411 g/mol. The predicted molar refractivity (Wildman–Crippen MR) is 97.6 cm³/mol. The zero-order chi connectivity index (χ0) is 20.2. The summed E-state index contributed by atoms with van der Waals surface area (Å²) in [6, 6.07) is 13.7. The Hall–Kier alpha value is -1.90. The number of nitrogens with zero attached hydrogens (tertiary/aromatic N) is 1. The van der Waals surface area contributed by atoms with Gasteiger partial charge < -0.3 is 4.74 Å². The molecule has 2 aliphatic rings. The molecule has 4 rings (SSSR count). The van der Waals surface area contributed by atoms with Crippen LogP contribution < -0.4 is 0 Å². The molecule has 0 radical (unpaired) electrons. The molecule has 2 fully saturated rings. The lowest BCUT2D eigenvalue weighted by molar-refractivity contribution is -0.184. The summed E-state index contributed by atoms with van der Waals surface area (Å²) < 4.78 is 70.7. The molecule has 2 aromatic rings. The minimum Gasteiger partial charge on any atom is -0.357 e. The predicted octanol–water partition coefficient (Wildman–Crippen LogP) is 4.34. The van der Waals surface area contributed by atoms with E-state index in [-0.39, 0.29) is 12.0 Å². The van der Waals surface area contributed by atoms with Crippen LogP contribution in [0, 0.1) is 5.41 Å². The molecule has 1 saturated carbocycles. The second-order valence-electron chi connectivity index (χ2n) is 7.50. The van der Waals surface area contributed by atoms with E-state index in [9.17, 15) is 21.6 Å². The van der Waals surface area contributed by atoms with Gasteiger partial charge in [-0.3, -0.25) is 0 Å². The second kappa shape index (κ2) is 6.57. The van der Waals surface area contributed by atoms with Crippen molar-refractivity contribution in [3.8, 4) is 0 Å². The van der Waals surface area contributed by atoms with Crippen LogP contribution in [-0.4, -0.2) is 25.2 Å². The maximum absolute atomic E-state index is 12.8. The van der Waals surface area contributed by atoms with Gasteiger partial charge in [0, 0.05) is 5.41 Å². The van der Waals surface area contributed by atoms with Gasteiger partial charge in [-0.1, -0.05) is 42.5 Å². The molecule has 28 heavy (non-hydrogen) atoms. The maximum Gasteiger partial charge on any atom is 0.416 e. The smallest absolute Gasteiger partial charge is 0.357 e. The van der Waals surface area contributed by atoms with E-state index in [1.165, 1.54) is 16.4 Å². The summed E-state index contributed by atoms with van der Waals surface area (Å²) in [5.41, 5.74) is 0.390. The molecular weight excluding hydrogens is 391 g/mol. The van der Waals surface area contributed by atoms with Crippen molar-refractivity contribution in [1.29, 1.82) is 0 Å². The average molecular weight is 411 g/mol. The highest BCUT2D eigenvalue weighted by Crippen LogP contribution is 2.69. The van der Waals surface area contributed by atoms with Crippen molar-refractivity contribution < 1.29 is 26.3 Å². The van der Waals surface area contributed by atoms with Gasteiger partial charge in [0.1, 0.15) is 6.23 Å². The van der Waals surface area contributed by atoms with Crippen LogP contribution in [0.25, 0.3) is 0 Å². The highest BCUT2D eigenvalue weighted by Gasteiger charge is 2.71. The van der Waals surface area contributed by atoms with E-state index in [1.54, 1.807) is 0 Å². The van der Waals surface area contributed by atoms with Gasteiger partial charge in [-0.25, -0.2) is 8.42 Å². The quantitative estimate of drug-likeness (QED) is 0.735. The SMILES string of the molecule is CS(=O)(=O)N1[C@@H](c2ccc(C(F)(F)F)cc2)C2(CC2)[C@H]1OCc1ccccc1. The van der Waals surface area contributed by atoms with Crippen molar-refractivity contribution >= 4 is 10.0 Å². The van der Waals surface area contributed by atoms with Gasteiger partial charge in [-0.15, -0.1) is 0 Å². The van der Waals surface area contributed by atoms with Crippen molar-refractivity contribution in [2.45, 2.75) is 37.9 Å². The zero-order valence-electron chi connectivity index (χ0n) is 15.2. The lowest BCUT2D eigenvalue weighted by atomic mass is 9.80. The number of hydrogen-bond acceptors (Lipinski definition) is 3. The second-order valence-corrected chi connectivity index (χ2v) is 9.39. The summed E-state index contributed by atoms with van der Waals surface area (Å²) in [6.45, 7) is 0.277. The van der Waals surface area contributed by atoms with Crippen LogP contribution in [0.5, 0.6) is 0 Å². The van der Waals surface area contributed by atoms with Crippen LogP contribution in [-0.2, 0) is 27.5 Å². The summed E-state index contributed by atoms with van der Waals surface area (Å²) >= 11 is 0. The maximum atomic E-state index is 12.8. The highest BCUT2D eigenvalue weighted by molar-refractivity contribution is 7.88. The normalized spacial score (nSPS) is 24.1. The third-order valence-corrected chi connectivity index (χ3v) is 6.70. The van der Waals surface area contributed by atoms with Crippen LogP contribution in [0.2, 0.25) is 0 Å². The van der Waals surface area contributed by atoms with E-state index < -0.39 is 34.0 Å². The fourth-order valence-electron chi connectivity index (χ4n) is 4.05. The molecule has 4 nitrogen and oxygen atoms in total. The first-order valence-corrected chi connectivity index (χ1v) is 10.8. The first-order chi connectivity index (χ1) is 13.1. The largest absolute Gasteiger partial charge is 0.416 e. The number of halogens is 3. The lowest BCUT2D eigenvalue weighted by Crippen LogP contribution is -2.62. The summed E-state index contributed by atoms with van der Waals surface area (Å²) in [6.07, 6.45) is -2.35. The van der Waals surface area contributed by atoms with Gasteiger partial charge in [-0.05, 0) is 36.1 Å². The van der Waals surface area contributed by atoms with Crippen molar-refractivity contribution in [3.05, 3.63) is 71.3 Å². The molecule has 0 bridgehead atoms. The molecule has 0 amide bonds. The molecule has 0 unspecified atom stereocenters. The number of rotatable bonds is 5. The van der Waals surface area contributed by atoms with E-state index >= 15 is 0 Å². The summed E-state index contributed by atoms with van der Waals surface area (Å²) in [5, 5.41) is 0. The first-order valence-electron chi connectivity index (χ1n) is 8.94. The number of sulfonamides is 1. The molecule has 0 N–H and O–H groups in total. The molecule has 1 heterocycles. The van der Waals surface area contributed by atoms with Crippen molar-refractivity contribution in [2.75, 3.05) is 6.26 Å². The Balaban J connectivity index is 1.60. The Labute approximate surface area is 162 Å². The van der Waals surface area contributed by atoms with Crippen LogP contribution in [0.1, 0.15) is 35.6 Å². The Morgan fingerprint density at radius 3 is 2.18 bits per heavy atom. The number of hydrogen-bond donors (Lipinski definition) is 0. The molecule has 8 heteroatoms. The molecule has 1 aliphatic heterocycles. The van der Waals surface area contributed by atoms with E-state index in [0.717, 1.165) is 36.8 Å². The van der Waals surface area contributed by atoms with Crippen molar-refractivity contribution in [1.82, 2.24) is 4.31 Å². The molecule has 2 aromatic carbocycles. The van der Waals surface area contributed by atoms with Crippen LogP contribution >= 0.6 is 0 Å². The highest BCUT2D eigenvalue weighted by atomic mass is 32.2. The standard InChI is InChI=1S/C20H20F3NO3S/c1-28(25,26)24-17(15-7-9-16(10-8-15)20(21,22)23)19(11-12-19)18(24)27-13-14-5-3-2-4-6-14/h2-10,17-18H,11-13H2,1H3/t17-,18+/m0/s1. The van der Waals surface area contributed by atoms with Gasteiger partial charge in [0.2, 0.25) is 10.0 Å². The fourth-order valence-corrected chi connectivity index (χ4v) is 5.38. The van der Waals surface area contributed by atoms with Gasteiger partial charge in [-0.2, -0.15) is 17.5 Å². The van der Waals surface area contributed by atoms with Gasteiger partial charge in [0.25, 0.3) is 0 Å². The fraction of sp³-hybridized carbons (Fsp3) is 0.400. The van der Waals surface area contributed by atoms with E-state index in [0.29, 0.717) is 5.56 Å². The van der Waals surface area contributed by atoms with Gasteiger partial charge >= 0.3 is 6.18 Å². The van der Waals surface area contributed by atoms with Crippen molar-refractivity contribution in [2.24, 2.45) is 5.41 Å². The number of ether oxygens (including phenoxy) is 1. The first kappa shape index (κ1) is 19.4. The van der Waals surface area contributed by atoms with E-state index in [1.807, 2.05) is 30.3 Å². The Kier molecular flexibility index (Phi) is 4.56. The number of benzene rings is 2. The number of alkyl halides is 3. The van der Waals surface area contributed by atoms with Gasteiger partial charge in [0.05, 0.1) is 24.5 Å². The molecule has 2 atom stereocenters. The van der Waals surface area contributed by atoms with Crippen molar-refractivity contribution in [3.63, 3.8) is 0 Å². The van der Waals surface area contributed by atoms with Crippen LogP contribution in [0.3, 0.4) is 0 Å². The lowest BCUT2D eigenvalue weighted by Gasteiger charge is -2.54. The molecule has 0 aromatic heterocycles. The third-order valence-electron chi connectivity index (χ3n) is 5.54. The molecular formula is C20H20F3NO3S. The molecule has 150 valence electrons. The molecule has 1 spiro atoms. The molecule has 1 aliphatic carbocycles. The summed E-state index contributed by atoms with van der Waals surface area (Å²) in [7, 11) is -3.60. The minimum atomic E-state index is -4.42. The van der Waals surface area contributed by atoms with Crippen LogP contribution in [0.4, 0.5) is 13.2 Å². The Morgan fingerprint density at radius 2 is 1.68 bits per heavy atom. The third kappa shape index (κ3) is 3.33. The Morgan fingerprint density at radius 1 is 1.07 bits per heavy atom. The Bertz CT molecular complexity index is 954. The van der Waals surface area contributed by atoms with Gasteiger partial charge in [0.15, 0.2) is 0 Å².